The van der Waals surface area contributed by atoms with Crippen molar-refractivity contribution in [2.45, 2.75) is 116 Å². The molecule has 0 unspecified atom stereocenters. The predicted octanol–water partition coefficient (Wildman–Crippen LogP) is 8.45. The number of likely N-dealkylation sites (tertiary alicyclic amines) is 1. The standard InChI is InChI=1S/C41H49N7O4/c1-24-19-20-41(47-24,37(49)51-39(3,4)5)36-43-22-32(46-36)27-12-10-26(11-13-27)28-14-16-30-29(21-28)15-17-31(44-30)33-23-42-35(45-33)34-18-9-25(2)48(34)38(50)52-40(6,7)8/h10-17,21-25,34,47H,9,18-20H2,1-8H3,(H,42,45)(H,43,46)/t24-,25-,34-,41-/m0/s1. The average molecular weight is 704 g/mol. The fraction of sp³-hybridized carbons (Fsp3) is 0.439. The van der Waals surface area contributed by atoms with Crippen LogP contribution >= 0.6 is 0 Å². The molecule has 3 aromatic heterocycles. The van der Waals surface area contributed by atoms with E-state index in [1.54, 1.807) is 17.3 Å². The summed E-state index contributed by atoms with van der Waals surface area (Å²) in [6.45, 7) is 15.4. The van der Waals surface area contributed by atoms with E-state index in [0.29, 0.717) is 12.2 Å². The summed E-state index contributed by atoms with van der Waals surface area (Å²) >= 11 is 0. The fourth-order valence-corrected chi connectivity index (χ4v) is 7.30. The van der Waals surface area contributed by atoms with Gasteiger partial charge in [0.15, 0.2) is 5.54 Å². The Labute approximate surface area is 305 Å². The van der Waals surface area contributed by atoms with Gasteiger partial charge in [0.2, 0.25) is 0 Å². The van der Waals surface area contributed by atoms with Gasteiger partial charge >= 0.3 is 12.1 Å². The maximum absolute atomic E-state index is 13.4. The third-order valence-corrected chi connectivity index (χ3v) is 9.85. The summed E-state index contributed by atoms with van der Waals surface area (Å²) in [5.41, 5.74) is 4.25. The maximum Gasteiger partial charge on any atom is 0.411 e. The number of esters is 1. The van der Waals surface area contributed by atoms with Gasteiger partial charge in [0.05, 0.1) is 41.0 Å². The van der Waals surface area contributed by atoms with E-state index >= 15 is 0 Å². The first-order valence-corrected chi connectivity index (χ1v) is 18.2. The smallest absolute Gasteiger partial charge is 0.411 e. The minimum atomic E-state index is -0.999. The Balaban J connectivity index is 1.07. The molecule has 5 heterocycles. The molecule has 11 heteroatoms. The summed E-state index contributed by atoms with van der Waals surface area (Å²) in [7, 11) is 0. The largest absolute Gasteiger partial charge is 0.458 e. The van der Waals surface area contributed by atoms with Gasteiger partial charge in [0.1, 0.15) is 22.9 Å². The highest BCUT2D eigenvalue weighted by Crippen LogP contribution is 2.38. The zero-order chi connectivity index (χ0) is 37.0. The van der Waals surface area contributed by atoms with E-state index in [1.807, 2.05) is 53.7 Å². The Kier molecular flexibility index (Phi) is 8.97. The second-order valence-electron chi connectivity index (χ2n) is 16.3. The van der Waals surface area contributed by atoms with Gasteiger partial charge in [0.25, 0.3) is 0 Å². The minimum Gasteiger partial charge on any atom is -0.458 e. The van der Waals surface area contributed by atoms with Crippen molar-refractivity contribution in [2.24, 2.45) is 0 Å². The maximum atomic E-state index is 13.4. The van der Waals surface area contributed by atoms with Crippen molar-refractivity contribution < 1.29 is 19.1 Å². The highest BCUT2D eigenvalue weighted by atomic mass is 16.6. The van der Waals surface area contributed by atoms with E-state index in [1.165, 1.54) is 0 Å². The Bertz CT molecular complexity index is 2110. The molecule has 1 amide bonds. The molecular weight excluding hydrogens is 654 g/mol. The first-order chi connectivity index (χ1) is 24.6. The van der Waals surface area contributed by atoms with Crippen molar-refractivity contribution >= 4 is 23.0 Å². The fourth-order valence-electron chi connectivity index (χ4n) is 7.30. The lowest BCUT2D eigenvalue weighted by Crippen LogP contribution is -2.50. The second kappa shape index (κ2) is 13.2. The lowest BCUT2D eigenvalue weighted by Gasteiger charge is -2.30. The molecule has 272 valence electrons. The number of fused-ring (bicyclic) bond motifs is 1. The molecule has 2 saturated heterocycles. The van der Waals surface area contributed by atoms with Crippen molar-refractivity contribution in [3.63, 3.8) is 0 Å². The van der Waals surface area contributed by atoms with Gasteiger partial charge in [-0.1, -0.05) is 36.4 Å². The zero-order valence-corrected chi connectivity index (χ0v) is 31.3. The first-order valence-electron chi connectivity index (χ1n) is 18.2. The highest BCUT2D eigenvalue weighted by Gasteiger charge is 2.50. The minimum absolute atomic E-state index is 0.0671. The number of pyridine rings is 1. The second-order valence-corrected chi connectivity index (χ2v) is 16.3. The van der Waals surface area contributed by atoms with E-state index in [9.17, 15) is 9.59 Å². The third-order valence-electron chi connectivity index (χ3n) is 9.85. The number of hydrogen-bond acceptors (Lipinski definition) is 8. The number of benzene rings is 2. The summed E-state index contributed by atoms with van der Waals surface area (Å²) in [6, 6.07) is 18.7. The molecule has 52 heavy (non-hydrogen) atoms. The van der Waals surface area contributed by atoms with E-state index in [2.05, 4.69) is 81.6 Å². The summed E-state index contributed by atoms with van der Waals surface area (Å²) in [6.07, 6.45) is 6.44. The van der Waals surface area contributed by atoms with Gasteiger partial charge < -0.3 is 19.4 Å². The van der Waals surface area contributed by atoms with Crippen molar-refractivity contribution in [1.29, 1.82) is 0 Å². The third kappa shape index (κ3) is 7.06. The molecule has 11 nitrogen and oxygen atoms in total. The summed E-state index contributed by atoms with van der Waals surface area (Å²) < 4.78 is 11.5. The normalized spacial score (nSPS) is 22.2. The van der Waals surface area contributed by atoms with Crippen LogP contribution in [-0.4, -0.2) is 65.2 Å². The Morgan fingerprint density at radius 3 is 2.17 bits per heavy atom. The highest BCUT2D eigenvalue weighted by molar-refractivity contribution is 5.86. The van der Waals surface area contributed by atoms with Gasteiger partial charge in [-0.25, -0.2) is 24.5 Å². The monoisotopic (exact) mass is 703 g/mol. The topological polar surface area (TPSA) is 138 Å². The SMILES string of the molecule is C[C@H]1CC[C@@](C(=O)OC(C)(C)C)(c2ncc(-c3ccc(-c4ccc5nc(-c6cnc([C@@H]7CC[C@H](C)N7C(=O)OC(C)(C)C)[nH]6)ccc5c4)cc3)[nH]2)N1. The van der Waals surface area contributed by atoms with Crippen molar-refractivity contribution in [1.82, 2.24) is 35.1 Å². The number of hydrogen-bond donors (Lipinski definition) is 3. The molecule has 3 N–H and O–H groups in total. The van der Waals surface area contributed by atoms with Crippen molar-refractivity contribution in [3.8, 4) is 33.8 Å². The molecule has 5 aromatic rings. The van der Waals surface area contributed by atoms with Crippen molar-refractivity contribution in [2.75, 3.05) is 0 Å². The van der Waals surface area contributed by atoms with Crippen LogP contribution in [0.1, 0.15) is 98.8 Å². The van der Waals surface area contributed by atoms with Gasteiger partial charge in [-0.3, -0.25) is 10.2 Å². The zero-order valence-electron chi connectivity index (χ0n) is 31.3. The number of imidazole rings is 2. The summed E-state index contributed by atoms with van der Waals surface area (Å²) in [5.74, 6) is 1.01. The molecule has 2 aliphatic heterocycles. The van der Waals surface area contributed by atoms with Crippen LogP contribution in [-0.2, 0) is 19.8 Å². The van der Waals surface area contributed by atoms with Crippen LogP contribution in [0, 0.1) is 0 Å². The predicted molar refractivity (Wildman–Crippen MR) is 201 cm³/mol. The molecule has 4 atom stereocenters. The van der Waals surface area contributed by atoms with Crippen LogP contribution < -0.4 is 5.32 Å². The Hall–Kier alpha value is -5.03. The lowest BCUT2D eigenvalue weighted by atomic mass is 9.96. The number of amides is 1. The van der Waals surface area contributed by atoms with Gasteiger partial charge in [0, 0.05) is 17.5 Å². The number of aromatic amines is 2. The Morgan fingerprint density at radius 1 is 0.788 bits per heavy atom. The molecule has 7 rings (SSSR count). The lowest BCUT2D eigenvalue weighted by molar-refractivity contribution is -0.163. The first kappa shape index (κ1) is 35.4. The quantitative estimate of drug-likeness (QED) is 0.150. The molecule has 0 bridgehead atoms. The number of nitrogens with zero attached hydrogens (tertiary/aromatic N) is 4. The Morgan fingerprint density at radius 2 is 1.48 bits per heavy atom. The van der Waals surface area contributed by atoms with Crippen molar-refractivity contribution in [3.05, 3.63) is 78.6 Å². The number of aromatic nitrogens is 5. The number of H-pyrrole nitrogens is 2. The number of carbonyl (C=O) groups excluding carboxylic acids is 2. The molecule has 2 fully saturated rings. The van der Waals surface area contributed by atoms with E-state index in [0.717, 1.165) is 69.8 Å². The van der Waals surface area contributed by atoms with E-state index < -0.39 is 16.7 Å². The number of ether oxygens (including phenoxy) is 2. The molecule has 0 saturated carbocycles. The molecule has 2 aromatic carbocycles. The average Bonchev–Trinajstić information content (AvgIpc) is 3.89. The van der Waals surface area contributed by atoms with Crippen LogP contribution in [0.5, 0.6) is 0 Å². The van der Waals surface area contributed by atoms with Gasteiger partial charge in [-0.15, -0.1) is 0 Å². The van der Waals surface area contributed by atoms with E-state index in [4.69, 9.17) is 14.5 Å². The van der Waals surface area contributed by atoms with Crippen LogP contribution in [0.4, 0.5) is 4.79 Å². The molecule has 0 spiro atoms. The summed E-state index contributed by atoms with van der Waals surface area (Å²) in [5, 5.41) is 4.48. The van der Waals surface area contributed by atoms with E-state index in [-0.39, 0.29) is 30.2 Å². The van der Waals surface area contributed by atoms with Crippen LogP contribution in [0.25, 0.3) is 44.7 Å². The van der Waals surface area contributed by atoms with Gasteiger partial charge in [-0.05, 0) is 116 Å². The number of rotatable bonds is 6. The molecular formula is C41H49N7O4. The number of nitrogens with one attached hydrogen (secondary N) is 3. The molecule has 0 radical (unpaired) electrons. The van der Waals surface area contributed by atoms with Crippen LogP contribution in [0.3, 0.4) is 0 Å². The van der Waals surface area contributed by atoms with Gasteiger partial charge in [-0.2, -0.15) is 0 Å². The molecule has 0 aliphatic carbocycles. The number of carbonyl (C=O) groups is 2. The van der Waals surface area contributed by atoms with Crippen LogP contribution in [0.2, 0.25) is 0 Å². The molecule has 2 aliphatic rings. The van der Waals surface area contributed by atoms with Crippen LogP contribution in [0.15, 0.2) is 67.0 Å². The summed E-state index contributed by atoms with van der Waals surface area (Å²) in [4.78, 5) is 49.4.